The molecule has 0 saturated carbocycles. The Bertz CT molecular complexity index is 629. The van der Waals surface area contributed by atoms with E-state index in [1.807, 2.05) is 0 Å². The van der Waals surface area contributed by atoms with Gasteiger partial charge in [0, 0.05) is 16.6 Å². The van der Waals surface area contributed by atoms with Gasteiger partial charge in [-0.25, -0.2) is 4.98 Å². The van der Waals surface area contributed by atoms with Crippen LogP contribution < -0.4 is 4.74 Å². The fourth-order valence-corrected chi connectivity index (χ4v) is 2.19. The molecule has 0 aliphatic heterocycles. The molecule has 1 heterocycles. The Kier molecular flexibility index (Phi) is 4.11. The molecule has 2 aromatic rings. The van der Waals surface area contributed by atoms with Crippen LogP contribution in [0.1, 0.15) is 5.82 Å². The van der Waals surface area contributed by atoms with Gasteiger partial charge in [-0.1, -0.05) is 15.9 Å². The average Bonchev–Trinajstić information content (AvgIpc) is 2.30. The molecule has 0 spiro atoms. The molecule has 2 rings (SSSR count). The smallest absolute Gasteiger partial charge is 0.312 e. The van der Waals surface area contributed by atoms with Crippen LogP contribution in [0.15, 0.2) is 33.3 Å². The number of aryl methyl sites for hydroxylation is 1. The van der Waals surface area contributed by atoms with E-state index in [-0.39, 0.29) is 17.3 Å². The van der Waals surface area contributed by atoms with Crippen molar-refractivity contribution < 1.29 is 9.66 Å². The highest BCUT2D eigenvalue weighted by Gasteiger charge is 2.17. The maximum Gasteiger partial charge on any atom is 0.312 e. The number of nitro groups is 1. The molecular formula is C11H7Br2N3O3. The molecule has 0 aliphatic rings. The molecule has 0 fully saturated rings. The number of hydrogen-bond donors (Lipinski definition) is 0. The highest BCUT2D eigenvalue weighted by molar-refractivity contribution is 9.10. The second kappa shape index (κ2) is 5.62. The molecule has 0 unspecified atom stereocenters. The Morgan fingerprint density at radius 2 is 2.00 bits per heavy atom. The first-order valence-corrected chi connectivity index (χ1v) is 6.67. The van der Waals surface area contributed by atoms with E-state index in [0.717, 1.165) is 0 Å². The third-order valence-corrected chi connectivity index (χ3v) is 3.01. The van der Waals surface area contributed by atoms with E-state index in [1.165, 1.54) is 12.1 Å². The molecule has 98 valence electrons. The van der Waals surface area contributed by atoms with Crippen LogP contribution in [-0.2, 0) is 0 Å². The number of halogens is 2. The minimum atomic E-state index is -0.511. The van der Waals surface area contributed by atoms with Crippen LogP contribution in [0.3, 0.4) is 0 Å². The summed E-state index contributed by atoms with van der Waals surface area (Å²) in [7, 11) is 0. The quantitative estimate of drug-likeness (QED) is 0.451. The predicted octanol–water partition coefficient (Wildman–Crippen LogP) is 4.01. The Morgan fingerprint density at radius 3 is 2.63 bits per heavy atom. The van der Waals surface area contributed by atoms with Gasteiger partial charge in [-0.15, -0.1) is 0 Å². The average molecular weight is 389 g/mol. The summed E-state index contributed by atoms with van der Waals surface area (Å²) < 4.78 is 6.60. The van der Waals surface area contributed by atoms with Gasteiger partial charge in [0.15, 0.2) is 0 Å². The summed E-state index contributed by atoms with van der Waals surface area (Å²) >= 11 is 6.39. The van der Waals surface area contributed by atoms with E-state index in [4.69, 9.17) is 4.74 Å². The molecule has 0 atom stereocenters. The summed E-state index contributed by atoms with van der Waals surface area (Å²) in [4.78, 5) is 18.5. The van der Waals surface area contributed by atoms with Crippen molar-refractivity contribution in [1.82, 2.24) is 9.97 Å². The van der Waals surface area contributed by atoms with Gasteiger partial charge in [0.2, 0.25) is 11.6 Å². The van der Waals surface area contributed by atoms with E-state index in [9.17, 15) is 10.1 Å². The van der Waals surface area contributed by atoms with E-state index >= 15 is 0 Å². The van der Waals surface area contributed by atoms with Crippen molar-refractivity contribution in [2.24, 2.45) is 0 Å². The molecule has 1 aromatic carbocycles. The normalized spacial score (nSPS) is 10.3. The lowest BCUT2D eigenvalue weighted by molar-refractivity contribution is -0.385. The molecular weight excluding hydrogens is 382 g/mol. The summed E-state index contributed by atoms with van der Waals surface area (Å²) in [5.41, 5.74) is -0.137. The molecule has 0 saturated heterocycles. The molecule has 0 amide bonds. The molecule has 0 radical (unpaired) electrons. The van der Waals surface area contributed by atoms with Crippen molar-refractivity contribution >= 4 is 37.5 Å². The maximum absolute atomic E-state index is 11.0. The molecule has 0 N–H and O–H groups in total. The minimum absolute atomic E-state index is 0.123. The van der Waals surface area contributed by atoms with Crippen molar-refractivity contribution in [2.75, 3.05) is 0 Å². The standard InChI is InChI=1S/C11H7Br2N3O3/c1-6-14-10(13)5-11(15-6)19-9-3-2-7(12)4-8(9)16(17)18/h2-5H,1H3. The van der Waals surface area contributed by atoms with Crippen LogP contribution in [0.5, 0.6) is 11.6 Å². The fraction of sp³-hybridized carbons (Fsp3) is 0.0909. The Morgan fingerprint density at radius 1 is 1.26 bits per heavy atom. The highest BCUT2D eigenvalue weighted by Crippen LogP contribution is 2.33. The second-order valence-electron chi connectivity index (χ2n) is 3.55. The monoisotopic (exact) mass is 387 g/mol. The van der Waals surface area contributed by atoms with Crippen LogP contribution >= 0.6 is 31.9 Å². The van der Waals surface area contributed by atoms with Crippen molar-refractivity contribution in [1.29, 1.82) is 0 Å². The van der Waals surface area contributed by atoms with E-state index < -0.39 is 4.92 Å². The van der Waals surface area contributed by atoms with E-state index in [1.54, 1.807) is 19.1 Å². The van der Waals surface area contributed by atoms with Crippen LogP contribution in [0.4, 0.5) is 5.69 Å². The first-order valence-electron chi connectivity index (χ1n) is 5.08. The van der Waals surface area contributed by atoms with Gasteiger partial charge in [-0.05, 0) is 35.0 Å². The largest absolute Gasteiger partial charge is 0.432 e. The number of ether oxygens (including phenoxy) is 1. The van der Waals surface area contributed by atoms with Gasteiger partial charge in [-0.3, -0.25) is 10.1 Å². The first-order chi connectivity index (χ1) is 8.95. The van der Waals surface area contributed by atoms with Gasteiger partial charge in [-0.2, -0.15) is 4.98 Å². The number of nitro benzene ring substituents is 1. The third kappa shape index (κ3) is 3.48. The first kappa shape index (κ1) is 13.9. The molecule has 0 bridgehead atoms. The number of rotatable bonds is 3. The van der Waals surface area contributed by atoms with E-state index in [2.05, 4.69) is 41.8 Å². The van der Waals surface area contributed by atoms with Crippen LogP contribution in [0.2, 0.25) is 0 Å². The summed E-state index contributed by atoms with van der Waals surface area (Å²) in [5, 5.41) is 11.0. The lowest BCUT2D eigenvalue weighted by Gasteiger charge is -2.06. The zero-order valence-corrected chi connectivity index (χ0v) is 12.8. The van der Waals surface area contributed by atoms with Gasteiger partial charge < -0.3 is 4.74 Å². The predicted molar refractivity (Wildman–Crippen MR) is 75.3 cm³/mol. The van der Waals surface area contributed by atoms with Crippen LogP contribution in [0.25, 0.3) is 0 Å². The van der Waals surface area contributed by atoms with Crippen molar-refractivity contribution in [2.45, 2.75) is 6.92 Å². The number of nitrogens with zero attached hydrogens (tertiary/aromatic N) is 3. The van der Waals surface area contributed by atoms with Gasteiger partial charge in [0.1, 0.15) is 10.4 Å². The van der Waals surface area contributed by atoms with Crippen LogP contribution in [-0.4, -0.2) is 14.9 Å². The van der Waals surface area contributed by atoms with Gasteiger partial charge in [0.25, 0.3) is 0 Å². The zero-order chi connectivity index (χ0) is 14.0. The summed E-state index contributed by atoms with van der Waals surface area (Å²) in [5.74, 6) is 0.868. The van der Waals surface area contributed by atoms with Gasteiger partial charge >= 0.3 is 5.69 Å². The molecule has 1 aromatic heterocycles. The van der Waals surface area contributed by atoms with Crippen molar-refractivity contribution in [3.05, 3.63) is 49.3 Å². The topological polar surface area (TPSA) is 78.2 Å². The van der Waals surface area contributed by atoms with Crippen molar-refractivity contribution in [3.63, 3.8) is 0 Å². The number of benzene rings is 1. The molecule has 6 nitrogen and oxygen atoms in total. The number of aromatic nitrogens is 2. The fourth-order valence-electron chi connectivity index (χ4n) is 1.39. The third-order valence-electron chi connectivity index (χ3n) is 2.12. The summed E-state index contributed by atoms with van der Waals surface area (Å²) in [6.07, 6.45) is 0. The molecule has 19 heavy (non-hydrogen) atoms. The Labute approximate surface area is 125 Å². The molecule has 0 aliphatic carbocycles. The lowest BCUT2D eigenvalue weighted by Crippen LogP contribution is -1.97. The van der Waals surface area contributed by atoms with Crippen molar-refractivity contribution in [3.8, 4) is 11.6 Å². The summed E-state index contributed by atoms with van der Waals surface area (Å²) in [6, 6.07) is 6.08. The minimum Gasteiger partial charge on any atom is -0.432 e. The Hall–Kier alpha value is -1.54. The Balaban J connectivity index is 2.40. The van der Waals surface area contributed by atoms with E-state index in [0.29, 0.717) is 14.9 Å². The SMILES string of the molecule is Cc1nc(Br)cc(Oc2ccc(Br)cc2[N+](=O)[O-])n1. The molecule has 8 heteroatoms. The summed E-state index contributed by atoms with van der Waals surface area (Å²) in [6.45, 7) is 1.70. The number of hydrogen-bond acceptors (Lipinski definition) is 5. The van der Waals surface area contributed by atoms with Gasteiger partial charge in [0.05, 0.1) is 4.92 Å². The zero-order valence-electron chi connectivity index (χ0n) is 9.63. The maximum atomic E-state index is 11.0. The highest BCUT2D eigenvalue weighted by atomic mass is 79.9. The second-order valence-corrected chi connectivity index (χ2v) is 5.28. The lowest BCUT2D eigenvalue weighted by atomic mass is 10.3. The van der Waals surface area contributed by atoms with Crippen LogP contribution in [0, 0.1) is 17.0 Å².